The second-order valence-corrected chi connectivity index (χ2v) is 9.28. The molecule has 0 saturated carbocycles. The fourth-order valence-electron chi connectivity index (χ4n) is 2.31. The molecule has 0 aromatic heterocycles. The van der Waals surface area contributed by atoms with Crippen molar-refractivity contribution < 1.29 is 17.6 Å². The van der Waals surface area contributed by atoms with Crippen LogP contribution in [0.5, 0.6) is 0 Å². The van der Waals surface area contributed by atoms with Gasteiger partial charge >= 0.3 is 0 Å². The molecule has 0 bridgehead atoms. The Morgan fingerprint density at radius 2 is 1.81 bits per heavy atom. The standard InChI is InChI=1S/C18H20BrFN2O3S/c1-18(2,3)22-26(24,25)16-7-5-4-6-12(16)11-21-17(23)14-10-13(20)8-9-15(14)19/h4-10,22H,11H2,1-3H3,(H,21,23). The molecule has 140 valence electrons. The molecular formula is C18H20BrFN2O3S. The van der Waals surface area contributed by atoms with Gasteiger partial charge in [0.1, 0.15) is 5.82 Å². The van der Waals surface area contributed by atoms with Crippen LogP contribution in [0, 0.1) is 5.82 Å². The summed E-state index contributed by atoms with van der Waals surface area (Å²) in [5, 5.41) is 2.63. The van der Waals surface area contributed by atoms with Gasteiger partial charge in [0.2, 0.25) is 10.0 Å². The largest absolute Gasteiger partial charge is 0.348 e. The van der Waals surface area contributed by atoms with Gasteiger partial charge in [0.15, 0.2) is 0 Å². The van der Waals surface area contributed by atoms with Gasteiger partial charge in [-0.25, -0.2) is 17.5 Å². The summed E-state index contributed by atoms with van der Waals surface area (Å²) in [5.74, 6) is -1.04. The van der Waals surface area contributed by atoms with Gasteiger partial charge < -0.3 is 5.32 Å². The summed E-state index contributed by atoms with van der Waals surface area (Å²) in [6.07, 6.45) is 0. The third-order valence-corrected chi connectivity index (χ3v) is 5.87. The normalized spacial score (nSPS) is 12.0. The maximum absolute atomic E-state index is 13.4. The number of benzene rings is 2. The van der Waals surface area contributed by atoms with Crippen molar-refractivity contribution in [2.24, 2.45) is 0 Å². The highest BCUT2D eigenvalue weighted by atomic mass is 79.9. The van der Waals surface area contributed by atoms with Crippen LogP contribution < -0.4 is 10.0 Å². The van der Waals surface area contributed by atoms with E-state index in [1.807, 2.05) is 0 Å². The molecule has 0 unspecified atom stereocenters. The fraction of sp³-hybridized carbons (Fsp3) is 0.278. The Morgan fingerprint density at radius 1 is 1.15 bits per heavy atom. The Labute approximate surface area is 161 Å². The van der Waals surface area contributed by atoms with E-state index in [1.54, 1.807) is 39.0 Å². The van der Waals surface area contributed by atoms with Gasteiger partial charge in [-0.15, -0.1) is 0 Å². The molecule has 2 aromatic rings. The van der Waals surface area contributed by atoms with E-state index in [1.165, 1.54) is 18.2 Å². The van der Waals surface area contributed by atoms with Crippen LogP contribution in [0.4, 0.5) is 4.39 Å². The monoisotopic (exact) mass is 442 g/mol. The van der Waals surface area contributed by atoms with E-state index >= 15 is 0 Å². The van der Waals surface area contributed by atoms with Crippen LogP contribution in [0.3, 0.4) is 0 Å². The van der Waals surface area contributed by atoms with Gasteiger partial charge in [0, 0.05) is 16.6 Å². The zero-order chi connectivity index (χ0) is 19.5. The summed E-state index contributed by atoms with van der Waals surface area (Å²) in [4.78, 5) is 12.4. The number of nitrogens with one attached hydrogen (secondary N) is 2. The molecule has 2 rings (SSSR count). The lowest BCUT2D eigenvalue weighted by atomic mass is 10.1. The summed E-state index contributed by atoms with van der Waals surface area (Å²) in [6, 6.07) is 10.2. The van der Waals surface area contributed by atoms with Crippen LogP contribution in [0.25, 0.3) is 0 Å². The summed E-state index contributed by atoms with van der Waals surface area (Å²) in [5.41, 5.74) is -0.0648. The first kappa shape index (κ1) is 20.5. The number of rotatable bonds is 5. The predicted molar refractivity (Wildman–Crippen MR) is 102 cm³/mol. The van der Waals surface area contributed by atoms with Gasteiger partial charge in [-0.3, -0.25) is 4.79 Å². The van der Waals surface area contributed by atoms with Crippen molar-refractivity contribution in [3.63, 3.8) is 0 Å². The van der Waals surface area contributed by atoms with Gasteiger partial charge in [0.05, 0.1) is 10.5 Å². The highest BCUT2D eigenvalue weighted by Gasteiger charge is 2.24. The molecule has 5 nitrogen and oxygen atoms in total. The lowest BCUT2D eigenvalue weighted by Gasteiger charge is -2.21. The van der Waals surface area contributed by atoms with Crippen molar-refractivity contribution in [1.29, 1.82) is 0 Å². The maximum Gasteiger partial charge on any atom is 0.252 e. The van der Waals surface area contributed by atoms with Gasteiger partial charge in [0.25, 0.3) is 5.91 Å². The number of carbonyl (C=O) groups is 1. The molecule has 0 aliphatic heterocycles. The van der Waals surface area contributed by atoms with Crippen molar-refractivity contribution in [2.45, 2.75) is 37.8 Å². The van der Waals surface area contributed by atoms with Crippen LogP contribution in [-0.2, 0) is 16.6 Å². The summed E-state index contributed by atoms with van der Waals surface area (Å²) < 4.78 is 41.6. The van der Waals surface area contributed by atoms with E-state index in [2.05, 4.69) is 26.0 Å². The van der Waals surface area contributed by atoms with Crippen LogP contribution >= 0.6 is 15.9 Å². The van der Waals surface area contributed by atoms with Gasteiger partial charge in [-0.05, 0) is 66.5 Å². The third kappa shape index (κ3) is 5.36. The Balaban J connectivity index is 2.24. The molecule has 0 aliphatic carbocycles. The molecule has 0 heterocycles. The van der Waals surface area contributed by atoms with E-state index in [9.17, 15) is 17.6 Å². The molecule has 8 heteroatoms. The van der Waals surface area contributed by atoms with E-state index in [0.29, 0.717) is 10.0 Å². The van der Waals surface area contributed by atoms with Gasteiger partial charge in [-0.2, -0.15) is 0 Å². The van der Waals surface area contributed by atoms with Crippen molar-refractivity contribution in [3.05, 3.63) is 63.9 Å². The third-order valence-electron chi connectivity index (χ3n) is 3.32. The number of hydrogen-bond acceptors (Lipinski definition) is 3. The number of hydrogen-bond donors (Lipinski definition) is 2. The molecule has 2 N–H and O–H groups in total. The quantitative estimate of drug-likeness (QED) is 0.742. The minimum absolute atomic E-state index is 0.0109. The molecule has 0 aliphatic rings. The first-order chi connectivity index (χ1) is 12.0. The molecule has 0 saturated heterocycles. The predicted octanol–water partition coefficient (Wildman–Crippen LogP) is 3.60. The molecule has 0 radical (unpaired) electrons. The second-order valence-electron chi connectivity index (χ2n) is 6.77. The molecule has 1 amide bonds. The highest BCUT2D eigenvalue weighted by Crippen LogP contribution is 2.20. The van der Waals surface area contributed by atoms with E-state index < -0.39 is 27.3 Å². The first-order valence-electron chi connectivity index (χ1n) is 7.85. The topological polar surface area (TPSA) is 75.3 Å². The Morgan fingerprint density at radius 3 is 2.46 bits per heavy atom. The lowest BCUT2D eigenvalue weighted by molar-refractivity contribution is 0.0949. The molecule has 2 aromatic carbocycles. The average Bonchev–Trinajstić information content (AvgIpc) is 2.53. The molecule has 0 fully saturated rings. The van der Waals surface area contributed by atoms with Crippen LogP contribution in [0.1, 0.15) is 36.7 Å². The molecule has 0 atom stereocenters. The Kier molecular flexibility index (Phi) is 6.21. The summed E-state index contributed by atoms with van der Waals surface area (Å²) >= 11 is 3.20. The van der Waals surface area contributed by atoms with Crippen molar-refractivity contribution >= 4 is 31.9 Å². The maximum atomic E-state index is 13.4. The zero-order valence-electron chi connectivity index (χ0n) is 14.6. The highest BCUT2D eigenvalue weighted by molar-refractivity contribution is 9.10. The molecular weight excluding hydrogens is 423 g/mol. The smallest absolute Gasteiger partial charge is 0.252 e. The Bertz CT molecular complexity index is 924. The Hall–Kier alpha value is -1.77. The minimum Gasteiger partial charge on any atom is -0.348 e. The zero-order valence-corrected chi connectivity index (χ0v) is 17.0. The number of amides is 1. The van der Waals surface area contributed by atoms with E-state index in [-0.39, 0.29) is 17.0 Å². The lowest BCUT2D eigenvalue weighted by Crippen LogP contribution is -2.41. The second kappa shape index (κ2) is 7.85. The number of halogens is 2. The molecule has 0 spiro atoms. The SMILES string of the molecule is CC(C)(C)NS(=O)(=O)c1ccccc1CNC(=O)c1cc(F)ccc1Br. The minimum atomic E-state index is -3.75. The summed E-state index contributed by atoms with van der Waals surface area (Å²) in [7, 11) is -3.75. The van der Waals surface area contributed by atoms with Crippen LogP contribution in [0.15, 0.2) is 51.8 Å². The van der Waals surface area contributed by atoms with Crippen LogP contribution in [0.2, 0.25) is 0 Å². The van der Waals surface area contributed by atoms with Crippen molar-refractivity contribution in [1.82, 2.24) is 10.0 Å². The molecule has 26 heavy (non-hydrogen) atoms. The van der Waals surface area contributed by atoms with E-state index in [0.717, 1.165) is 6.07 Å². The van der Waals surface area contributed by atoms with Gasteiger partial charge in [-0.1, -0.05) is 18.2 Å². The number of sulfonamides is 1. The summed E-state index contributed by atoms with van der Waals surface area (Å²) in [6.45, 7) is 5.23. The number of carbonyl (C=O) groups excluding carboxylic acids is 1. The first-order valence-corrected chi connectivity index (χ1v) is 10.1. The van der Waals surface area contributed by atoms with E-state index in [4.69, 9.17) is 0 Å². The van der Waals surface area contributed by atoms with Crippen molar-refractivity contribution in [2.75, 3.05) is 0 Å². The van der Waals surface area contributed by atoms with Crippen LogP contribution in [-0.4, -0.2) is 19.9 Å². The van der Waals surface area contributed by atoms with Crippen molar-refractivity contribution in [3.8, 4) is 0 Å². The fourth-order valence-corrected chi connectivity index (χ4v) is 4.40. The average molecular weight is 443 g/mol.